The van der Waals surface area contributed by atoms with Crippen LogP contribution in [0.15, 0.2) is 0 Å². The van der Waals surface area contributed by atoms with E-state index in [0.29, 0.717) is 19.0 Å². The number of carbonyl (C=O) groups is 2. The second-order valence-electron chi connectivity index (χ2n) is 4.71. The maximum absolute atomic E-state index is 11.3. The number of carboxylic acids is 1. The van der Waals surface area contributed by atoms with Gasteiger partial charge in [-0.05, 0) is 18.8 Å². The Bertz CT molecular complexity index is 244. The zero-order chi connectivity index (χ0) is 13.8. The number of hydrogen-bond donors (Lipinski definition) is 3. The zero-order valence-corrected chi connectivity index (χ0v) is 11.5. The monoisotopic (exact) mass is 258 g/mol. The number of hydrogen-bond acceptors (Lipinski definition) is 2. The summed E-state index contributed by atoms with van der Waals surface area (Å²) < 4.78 is 0. The Morgan fingerprint density at radius 2 is 1.78 bits per heavy atom. The van der Waals surface area contributed by atoms with Gasteiger partial charge in [-0.1, -0.05) is 33.1 Å². The topological polar surface area (TPSA) is 78.4 Å². The second-order valence-corrected chi connectivity index (χ2v) is 4.71. The number of carboxylic acid groups (broad SMARTS) is 1. The van der Waals surface area contributed by atoms with Gasteiger partial charge >= 0.3 is 12.0 Å². The van der Waals surface area contributed by atoms with Gasteiger partial charge < -0.3 is 15.7 Å². The molecule has 0 fully saturated rings. The number of rotatable bonds is 10. The predicted molar refractivity (Wildman–Crippen MR) is 71.6 cm³/mol. The van der Waals surface area contributed by atoms with Crippen molar-refractivity contribution < 1.29 is 14.7 Å². The second kappa shape index (κ2) is 10.9. The molecule has 0 radical (unpaired) electrons. The normalized spacial score (nSPS) is 11.9. The first kappa shape index (κ1) is 16.7. The van der Waals surface area contributed by atoms with E-state index in [1.54, 1.807) is 0 Å². The Kier molecular flexibility index (Phi) is 10.1. The van der Waals surface area contributed by atoms with Gasteiger partial charge in [-0.15, -0.1) is 0 Å². The lowest BCUT2D eigenvalue weighted by Crippen LogP contribution is -2.38. The minimum Gasteiger partial charge on any atom is -0.481 e. The van der Waals surface area contributed by atoms with E-state index in [1.807, 2.05) is 0 Å². The van der Waals surface area contributed by atoms with Crippen molar-refractivity contribution in [2.24, 2.45) is 5.92 Å². The Morgan fingerprint density at radius 1 is 1.11 bits per heavy atom. The Labute approximate surface area is 109 Å². The SMILES string of the molecule is CCC(C)CNC(=O)NCCCCCCC(=O)O. The lowest BCUT2D eigenvalue weighted by atomic mass is 10.1. The van der Waals surface area contributed by atoms with Crippen molar-refractivity contribution in [1.82, 2.24) is 10.6 Å². The number of carbonyl (C=O) groups excluding carboxylic acids is 1. The molecule has 1 atom stereocenters. The van der Waals surface area contributed by atoms with E-state index in [9.17, 15) is 9.59 Å². The van der Waals surface area contributed by atoms with Crippen LogP contribution in [-0.2, 0) is 4.79 Å². The maximum Gasteiger partial charge on any atom is 0.314 e. The van der Waals surface area contributed by atoms with Crippen molar-refractivity contribution in [1.29, 1.82) is 0 Å². The van der Waals surface area contributed by atoms with Crippen LogP contribution in [0.1, 0.15) is 52.4 Å². The van der Waals surface area contributed by atoms with E-state index in [4.69, 9.17) is 5.11 Å². The summed E-state index contributed by atoms with van der Waals surface area (Å²) in [5.41, 5.74) is 0. The summed E-state index contributed by atoms with van der Waals surface area (Å²) in [6.07, 6.45) is 4.78. The first-order chi connectivity index (χ1) is 8.56. The van der Waals surface area contributed by atoms with E-state index in [-0.39, 0.29) is 12.5 Å². The first-order valence-electron chi connectivity index (χ1n) is 6.79. The standard InChI is InChI=1S/C13H26N2O3/c1-3-11(2)10-15-13(18)14-9-7-5-4-6-8-12(16)17/h11H,3-10H2,1-2H3,(H,16,17)(H2,14,15,18). The van der Waals surface area contributed by atoms with Gasteiger partial charge in [0, 0.05) is 19.5 Å². The summed E-state index contributed by atoms with van der Waals surface area (Å²) in [5, 5.41) is 14.1. The third-order valence-corrected chi connectivity index (χ3v) is 2.91. The lowest BCUT2D eigenvalue weighted by Gasteiger charge is -2.11. The molecule has 0 saturated heterocycles. The summed E-state index contributed by atoms with van der Waals surface area (Å²) in [5.74, 6) is -0.232. The molecule has 0 bridgehead atoms. The van der Waals surface area contributed by atoms with Gasteiger partial charge in [0.2, 0.25) is 0 Å². The molecule has 2 amide bonds. The average molecular weight is 258 g/mol. The minimum atomic E-state index is -0.738. The molecule has 0 rings (SSSR count). The molecule has 0 heterocycles. The average Bonchev–Trinajstić information content (AvgIpc) is 2.34. The van der Waals surface area contributed by atoms with Crippen molar-refractivity contribution in [2.45, 2.75) is 52.4 Å². The molecule has 18 heavy (non-hydrogen) atoms. The smallest absolute Gasteiger partial charge is 0.314 e. The van der Waals surface area contributed by atoms with Gasteiger partial charge in [0.1, 0.15) is 0 Å². The third-order valence-electron chi connectivity index (χ3n) is 2.91. The molecule has 0 spiro atoms. The van der Waals surface area contributed by atoms with E-state index in [2.05, 4.69) is 24.5 Å². The lowest BCUT2D eigenvalue weighted by molar-refractivity contribution is -0.137. The number of urea groups is 1. The number of unbranched alkanes of at least 4 members (excludes halogenated alkanes) is 3. The largest absolute Gasteiger partial charge is 0.481 e. The van der Waals surface area contributed by atoms with Gasteiger partial charge in [0.25, 0.3) is 0 Å². The fourth-order valence-electron chi connectivity index (χ4n) is 1.43. The van der Waals surface area contributed by atoms with Crippen LogP contribution in [0.3, 0.4) is 0 Å². The van der Waals surface area contributed by atoms with Gasteiger partial charge in [-0.3, -0.25) is 4.79 Å². The van der Waals surface area contributed by atoms with Gasteiger partial charge in [-0.25, -0.2) is 4.79 Å². The van der Waals surface area contributed by atoms with Crippen molar-refractivity contribution in [2.75, 3.05) is 13.1 Å². The molecule has 106 valence electrons. The van der Waals surface area contributed by atoms with Crippen molar-refractivity contribution >= 4 is 12.0 Å². The molecule has 5 nitrogen and oxygen atoms in total. The highest BCUT2D eigenvalue weighted by Crippen LogP contribution is 2.02. The summed E-state index contributed by atoms with van der Waals surface area (Å²) in [7, 11) is 0. The Hall–Kier alpha value is -1.26. The maximum atomic E-state index is 11.3. The molecule has 0 aliphatic heterocycles. The third kappa shape index (κ3) is 11.2. The Morgan fingerprint density at radius 3 is 2.39 bits per heavy atom. The summed E-state index contributed by atoms with van der Waals surface area (Å²) in [6.45, 7) is 5.56. The molecule has 0 aromatic heterocycles. The van der Waals surface area contributed by atoms with Gasteiger partial charge in [-0.2, -0.15) is 0 Å². The van der Waals surface area contributed by atoms with Crippen LogP contribution in [0.2, 0.25) is 0 Å². The molecular formula is C13H26N2O3. The van der Waals surface area contributed by atoms with Crippen LogP contribution in [0.4, 0.5) is 4.79 Å². The van der Waals surface area contributed by atoms with E-state index >= 15 is 0 Å². The van der Waals surface area contributed by atoms with Crippen LogP contribution < -0.4 is 10.6 Å². The van der Waals surface area contributed by atoms with Crippen LogP contribution in [0.25, 0.3) is 0 Å². The van der Waals surface area contributed by atoms with Crippen LogP contribution >= 0.6 is 0 Å². The molecular weight excluding hydrogens is 232 g/mol. The van der Waals surface area contributed by atoms with Crippen molar-refractivity contribution in [3.63, 3.8) is 0 Å². The highest BCUT2D eigenvalue weighted by atomic mass is 16.4. The number of nitrogens with one attached hydrogen (secondary N) is 2. The molecule has 3 N–H and O–H groups in total. The fraction of sp³-hybridized carbons (Fsp3) is 0.846. The molecule has 0 aliphatic rings. The van der Waals surface area contributed by atoms with Crippen molar-refractivity contribution in [3.8, 4) is 0 Å². The minimum absolute atomic E-state index is 0.110. The number of aliphatic carboxylic acids is 1. The van der Waals surface area contributed by atoms with E-state index < -0.39 is 5.97 Å². The van der Waals surface area contributed by atoms with Crippen LogP contribution in [-0.4, -0.2) is 30.2 Å². The van der Waals surface area contributed by atoms with Crippen molar-refractivity contribution in [3.05, 3.63) is 0 Å². The molecule has 1 unspecified atom stereocenters. The predicted octanol–water partition coefficient (Wildman–Crippen LogP) is 2.37. The molecule has 0 saturated carbocycles. The van der Waals surface area contributed by atoms with Gasteiger partial charge in [0.15, 0.2) is 0 Å². The van der Waals surface area contributed by atoms with Gasteiger partial charge in [0.05, 0.1) is 0 Å². The number of amides is 2. The highest BCUT2D eigenvalue weighted by molar-refractivity contribution is 5.73. The van der Waals surface area contributed by atoms with Crippen LogP contribution in [0, 0.1) is 5.92 Å². The zero-order valence-electron chi connectivity index (χ0n) is 11.5. The molecule has 0 aromatic rings. The Balaban J connectivity index is 3.27. The molecule has 0 aliphatic carbocycles. The quantitative estimate of drug-likeness (QED) is 0.526. The van der Waals surface area contributed by atoms with Crippen LogP contribution in [0.5, 0.6) is 0 Å². The van der Waals surface area contributed by atoms with E-state index in [1.165, 1.54) is 0 Å². The fourth-order valence-corrected chi connectivity index (χ4v) is 1.43. The summed E-state index contributed by atoms with van der Waals surface area (Å²) >= 11 is 0. The summed E-state index contributed by atoms with van der Waals surface area (Å²) in [4.78, 5) is 21.6. The molecule has 0 aromatic carbocycles. The van der Waals surface area contributed by atoms with E-state index in [0.717, 1.165) is 32.1 Å². The summed E-state index contributed by atoms with van der Waals surface area (Å²) in [6, 6.07) is -0.110. The molecule has 5 heteroatoms. The first-order valence-corrected chi connectivity index (χ1v) is 6.79. The highest BCUT2D eigenvalue weighted by Gasteiger charge is 2.02.